The van der Waals surface area contributed by atoms with Gasteiger partial charge < -0.3 is 4.74 Å². The molecule has 1 aliphatic heterocycles. The van der Waals surface area contributed by atoms with E-state index in [9.17, 15) is 4.39 Å². The molecule has 2 atom stereocenters. The number of benzene rings is 1. The fraction of sp³-hybridized carbons (Fsp3) is 0.500. The summed E-state index contributed by atoms with van der Waals surface area (Å²) in [6.07, 6.45) is 0.683. The first kappa shape index (κ1) is 14.1. The van der Waals surface area contributed by atoms with E-state index in [1.165, 1.54) is 6.07 Å². The van der Waals surface area contributed by atoms with E-state index in [1.54, 1.807) is 6.07 Å². The van der Waals surface area contributed by atoms with Gasteiger partial charge in [-0.2, -0.15) is 11.8 Å². The number of nitrogens with two attached hydrogens (primary N) is 1. The van der Waals surface area contributed by atoms with Crippen LogP contribution in [0.25, 0.3) is 0 Å². The number of hydrazine groups is 1. The van der Waals surface area contributed by atoms with Crippen molar-refractivity contribution in [3.8, 4) is 0 Å². The van der Waals surface area contributed by atoms with E-state index < -0.39 is 5.82 Å². The maximum atomic E-state index is 13.4. The number of nitrogens with one attached hydrogen (secondary N) is 1. The van der Waals surface area contributed by atoms with Crippen molar-refractivity contribution in [3.63, 3.8) is 0 Å². The van der Waals surface area contributed by atoms with Gasteiger partial charge in [-0.25, -0.2) is 4.39 Å². The Kier molecular flexibility index (Phi) is 5.26. The molecule has 0 saturated carbocycles. The number of ether oxygens (including phenoxy) is 1. The van der Waals surface area contributed by atoms with Crippen LogP contribution in [0.15, 0.2) is 18.2 Å². The summed E-state index contributed by atoms with van der Waals surface area (Å²) in [5, 5.41) is 0.139. The van der Waals surface area contributed by atoms with Gasteiger partial charge in [-0.1, -0.05) is 17.7 Å². The summed E-state index contributed by atoms with van der Waals surface area (Å²) in [7, 11) is 0. The Bertz CT molecular complexity index is 402. The van der Waals surface area contributed by atoms with Gasteiger partial charge in [0.2, 0.25) is 0 Å². The zero-order valence-corrected chi connectivity index (χ0v) is 11.4. The van der Waals surface area contributed by atoms with Crippen molar-refractivity contribution in [2.24, 2.45) is 5.84 Å². The monoisotopic (exact) mass is 290 g/mol. The molecule has 1 aromatic carbocycles. The fourth-order valence-electron chi connectivity index (χ4n) is 1.96. The number of hydrogen-bond donors (Lipinski definition) is 2. The maximum absolute atomic E-state index is 13.4. The minimum atomic E-state index is -0.399. The van der Waals surface area contributed by atoms with Crippen LogP contribution in [0.4, 0.5) is 4.39 Å². The molecular formula is C12H16ClFN2OS. The molecule has 1 fully saturated rings. The largest absolute Gasteiger partial charge is 0.375 e. The van der Waals surface area contributed by atoms with E-state index in [2.05, 4.69) is 5.43 Å². The topological polar surface area (TPSA) is 47.3 Å². The van der Waals surface area contributed by atoms with Crippen LogP contribution < -0.4 is 11.3 Å². The molecule has 0 amide bonds. The average molecular weight is 291 g/mol. The highest BCUT2D eigenvalue weighted by molar-refractivity contribution is 7.99. The van der Waals surface area contributed by atoms with Crippen LogP contribution in [0, 0.1) is 5.82 Å². The molecule has 18 heavy (non-hydrogen) atoms. The zero-order chi connectivity index (χ0) is 13.0. The zero-order valence-electron chi connectivity index (χ0n) is 9.86. The van der Waals surface area contributed by atoms with E-state index in [0.717, 1.165) is 23.7 Å². The lowest BCUT2D eigenvalue weighted by atomic mass is 10.0. The highest BCUT2D eigenvalue weighted by Gasteiger charge is 2.24. The van der Waals surface area contributed by atoms with Crippen molar-refractivity contribution >= 4 is 23.4 Å². The SMILES string of the molecule is NNC(Cc1ccc(Cl)c(F)c1)C1CSCCO1. The normalized spacial score (nSPS) is 21.8. The third-order valence-electron chi connectivity index (χ3n) is 2.94. The summed E-state index contributed by atoms with van der Waals surface area (Å²) in [5.41, 5.74) is 3.62. The lowest BCUT2D eigenvalue weighted by Gasteiger charge is -2.29. The summed E-state index contributed by atoms with van der Waals surface area (Å²) >= 11 is 7.50. The molecule has 0 spiro atoms. The van der Waals surface area contributed by atoms with E-state index in [4.69, 9.17) is 22.2 Å². The van der Waals surface area contributed by atoms with Crippen molar-refractivity contribution in [1.29, 1.82) is 0 Å². The number of hydrogen-bond acceptors (Lipinski definition) is 4. The fourth-order valence-corrected chi connectivity index (χ4v) is 3.02. The first-order chi connectivity index (χ1) is 8.70. The molecule has 1 heterocycles. The van der Waals surface area contributed by atoms with Gasteiger partial charge >= 0.3 is 0 Å². The molecule has 3 N–H and O–H groups in total. The summed E-state index contributed by atoms with van der Waals surface area (Å²) in [6.45, 7) is 0.739. The van der Waals surface area contributed by atoms with Crippen LogP contribution in [0.5, 0.6) is 0 Å². The third kappa shape index (κ3) is 3.59. The van der Waals surface area contributed by atoms with Crippen LogP contribution in [-0.4, -0.2) is 30.3 Å². The summed E-state index contributed by atoms with van der Waals surface area (Å²) in [6, 6.07) is 4.81. The van der Waals surface area contributed by atoms with Crippen LogP contribution in [0.1, 0.15) is 5.56 Å². The summed E-state index contributed by atoms with van der Waals surface area (Å²) in [4.78, 5) is 0. The smallest absolute Gasteiger partial charge is 0.142 e. The molecule has 3 nitrogen and oxygen atoms in total. The van der Waals surface area contributed by atoms with Gasteiger partial charge in [-0.3, -0.25) is 11.3 Å². The molecule has 1 aromatic rings. The van der Waals surface area contributed by atoms with E-state index >= 15 is 0 Å². The number of rotatable bonds is 4. The highest BCUT2D eigenvalue weighted by atomic mass is 35.5. The molecule has 2 unspecified atom stereocenters. The molecule has 100 valence electrons. The first-order valence-corrected chi connectivity index (χ1v) is 7.33. The predicted octanol–water partition coefficient (Wildman–Crippen LogP) is 1.99. The van der Waals surface area contributed by atoms with Gasteiger partial charge in [0.15, 0.2) is 0 Å². The molecule has 0 bridgehead atoms. The Balaban J connectivity index is 2.02. The predicted molar refractivity (Wildman–Crippen MR) is 73.3 cm³/mol. The molecule has 2 rings (SSSR count). The van der Waals surface area contributed by atoms with E-state index in [1.807, 2.05) is 17.8 Å². The van der Waals surface area contributed by atoms with Crippen molar-refractivity contribution in [2.75, 3.05) is 18.1 Å². The summed E-state index contributed by atoms with van der Waals surface area (Å²) < 4.78 is 19.0. The number of halogens is 2. The molecule has 0 aliphatic carbocycles. The quantitative estimate of drug-likeness (QED) is 0.658. The van der Waals surface area contributed by atoms with E-state index in [0.29, 0.717) is 6.42 Å². The molecular weight excluding hydrogens is 275 g/mol. The third-order valence-corrected chi connectivity index (χ3v) is 4.27. The maximum Gasteiger partial charge on any atom is 0.142 e. The van der Waals surface area contributed by atoms with Gasteiger partial charge in [-0.15, -0.1) is 0 Å². The second-order valence-electron chi connectivity index (χ2n) is 4.21. The molecule has 0 aromatic heterocycles. The van der Waals surface area contributed by atoms with Gasteiger partial charge in [0, 0.05) is 11.5 Å². The molecule has 6 heteroatoms. The van der Waals surface area contributed by atoms with Crippen molar-refractivity contribution in [2.45, 2.75) is 18.6 Å². The second-order valence-corrected chi connectivity index (χ2v) is 5.77. The summed E-state index contributed by atoms with van der Waals surface area (Å²) in [5.74, 6) is 7.09. The van der Waals surface area contributed by atoms with Gasteiger partial charge in [0.05, 0.1) is 23.8 Å². The first-order valence-electron chi connectivity index (χ1n) is 5.80. The Morgan fingerprint density at radius 3 is 3.06 bits per heavy atom. The second kappa shape index (κ2) is 6.73. The lowest BCUT2D eigenvalue weighted by Crippen LogP contribution is -2.49. The Morgan fingerprint density at radius 1 is 1.61 bits per heavy atom. The Hall–Kier alpha value is -0.330. The van der Waals surface area contributed by atoms with Crippen molar-refractivity contribution in [1.82, 2.24) is 5.43 Å². The minimum absolute atomic E-state index is 0.0154. The molecule has 0 radical (unpaired) electrons. The Morgan fingerprint density at radius 2 is 2.44 bits per heavy atom. The minimum Gasteiger partial charge on any atom is -0.375 e. The van der Waals surface area contributed by atoms with Crippen molar-refractivity contribution < 1.29 is 9.13 Å². The van der Waals surface area contributed by atoms with Crippen LogP contribution >= 0.6 is 23.4 Å². The number of thioether (sulfide) groups is 1. The van der Waals surface area contributed by atoms with Crippen molar-refractivity contribution in [3.05, 3.63) is 34.6 Å². The van der Waals surface area contributed by atoms with E-state index in [-0.39, 0.29) is 17.2 Å². The standard InChI is InChI=1S/C12H16ClFN2OS/c13-9-2-1-8(5-10(9)14)6-11(16-15)12-7-18-4-3-17-12/h1-2,5,11-12,16H,3-4,6-7,15H2. The lowest BCUT2D eigenvalue weighted by molar-refractivity contribution is 0.0472. The van der Waals surface area contributed by atoms with Crippen LogP contribution in [-0.2, 0) is 11.2 Å². The van der Waals surface area contributed by atoms with Crippen LogP contribution in [0.2, 0.25) is 5.02 Å². The van der Waals surface area contributed by atoms with Gasteiger partial charge in [0.25, 0.3) is 0 Å². The average Bonchev–Trinajstić information content (AvgIpc) is 2.41. The molecule has 1 aliphatic rings. The molecule has 1 saturated heterocycles. The van der Waals surface area contributed by atoms with Gasteiger partial charge in [-0.05, 0) is 24.1 Å². The highest BCUT2D eigenvalue weighted by Crippen LogP contribution is 2.20. The van der Waals surface area contributed by atoms with Crippen LogP contribution in [0.3, 0.4) is 0 Å². The Labute approximate surface area is 115 Å². The van der Waals surface area contributed by atoms with Gasteiger partial charge in [0.1, 0.15) is 5.82 Å².